The lowest BCUT2D eigenvalue weighted by molar-refractivity contribution is 0.102. The number of rotatable bonds is 8. The number of hydrogen-bond acceptors (Lipinski definition) is 7. The quantitative estimate of drug-likeness (QED) is 0.224. The second kappa shape index (κ2) is 11.3. The van der Waals surface area contributed by atoms with Crippen LogP contribution in [0.15, 0.2) is 95.6 Å². The van der Waals surface area contributed by atoms with Crippen molar-refractivity contribution in [3.8, 4) is 33.5 Å². The Hall–Kier alpha value is -5.36. The highest BCUT2D eigenvalue weighted by Crippen LogP contribution is 2.36. The highest BCUT2D eigenvalue weighted by molar-refractivity contribution is 7.13. The van der Waals surface area contributed by atoms with Crippen LogP contribution in [-0.2, 0) is 0 Å². The molecule has 2 aromatic carbocycles. The molecule has 0 radical (unpaired) electrons. The molecule has 6 rings (SSSR count). The molecule has 0 aliphatic heterocycles. The van der Waals surface area contributed by atoms with E-state index in [-0.39, 0.29) is 29.4 Å². The van der Waals surface area contributed by atoms with Crippen LogP contribution in [0.4, 0.5) is 14.5 Å². The number of aromatic nitrogens is 4. The Morgan fingerprint density at radius 2 is 1.81 bits per heavy atom. The van der Waals surface area contributed by atoms with Crippen molar-refractivity contribution in [3.63, 3.8) is 0 Å². The summed E-state index contributed by atoms with van der Waals surface area (Å²) in [4.78, 5) is 31.0. The molecular formula is C30H21F2N5O4S. The molecule has 4 heterocycles. The van der Waals surface area contributed by atoms with Crippen molar-refractivity contribution in [3.05, 3.63) is 118 Å². The highest BCUT2D eigenvalue weighted by Gasteiger charge is 2.21. The minimum atomic E-state index is -0.801. The van der Waals surface area contributed by atoms with E-state index in [1.807, 2.05) is 11.4 Å². The molecule has 42 heavy (non-hydrogen) atoms. The summed E-state index contributed by atoms with van der Waals surface area (Å²) >= 11 is 1.45. The molecule has 1 N–H and O–H groups in total. The molecule has 1 amide bonds. The van der Waals surface area contributed by atoms with Crippen LogP contribution in [0.2, 0.25) is 0 Å². The first-order chi connectivity index (χ1) is 20.4. The van der Waals surface area contributed by atoms with Crippen molar-refractivity contribution in [1.82, 2.24) is 19.2 Å². The average molecular weight is 586 g/mol. The van der Waals surface area contributed by atoms with Gasteiger partial charge in [0.15, 0.2) is 17.3 Å². The highest BCUT2D eigenvalue weighted by atomic mass is 32.1. The standard InChI is InChI=1S/C30H21F2N5O4S/c1-2-40-24-11-14-36(20-6-3-18(31)4-7-20)30(39)26(24)28(38)35-19-5-8-23(22(32)17-19)41-25-9-12-34-37-15-10-21(27(25)37)29-33-13-16-42-29/h3-17H,2H2,1H3,(H,35,38). The van der Waals surface area contributed by atoms with Gasteiger partial charge in [-0.3, -0.25) is 14.2 Å². The molecule has 0 fully saturated rings. The maximum atomic E-state index is 15.3. The maximum absolute atomic E-state index is 15.3. The van der Waals surface area contributed by atoms with E-state index in [9.17, 15) is 14.0 Å². The number of halogens is 2. The molecule has 9 nitrogen and oxygen atoms in total. The molecule has 6 aromatic rings. The van der Waals surface area contributed by atoms with Gasteiger partial charge in [-0.05, 0) is 55.5 Å². The SMILES string of the molecule is CCOc1ccn(-c2ccc(F)cc2)c(=O)c1C(=O)Nc1ccc(Oc2ccnn3ccc(-c4nccs4)c23)c(F)c1. The minimum Gasteiger partial charge on any atom is -0.493 e. The van der Waals surface area contributed by atoms with Crippen LogP contribution >= 0.6 is 11.3 Å². The van der Waals surface area contributed by atoms with Gasteiger partial charge in [0.25, 0.3) is 11.5 Å². The van der Waals surface area contributed by atoms with E-state index in [2.05, 4.69) is 15.4 Å². The number of benzene rings is 2. The van der Waals surface area contributed by atoms with Crippen molar-refractivity contribution in [2.75, 3.05) is 11.9 Å². The fraction of sp³-hybridized carbons (Fsp3) is 0.0667. The summed E-state index contributed by atoms with van der Waals surface area (Å²) in [6, 6.07) is 14.1. The fourth-order valence-electron chi connectivity index (χ4n) is 4.41. The van der Waals surface area contributed by atoms with Gasteiger partial charge < -0.3 is 14.8 Å². The molecule has 210 valence electrons. The van der Waals surface area contributed by atoms with Crippen molar-refractivity contribution < 1.29 is 23.0 Å². The largest absolute Gasteiger partial charge is 0.493 e. The van der Waals surface area contributed by atoms with E-state index in [0.29, 0.717) is 17.0 Å². The zero-order chi connectivity index (χ0) is 29.2. The van der Waals surface area contributed by atoms with Crippen molar-refractivity contribution in [1.29, 1.82) is 0 Å². The third-order valence-corrected chi connectivity index (χ3v) is 7.08. The molecular weight excluding hydrogens is 564 g/mol. The van der Waals surface area contributed by atoms with Crippen LogP contribution in [0.1, 0.15) is 17.3 Å². The smallest absolute Gasteiger partial charge is 0.271 e. The summed E-state index contributed by atoms with van der Waals surface area (Å²) < 4.78 is 42.9. The second-order valence-corrected chi connectivity index (χ2v) is 9.79. The van der Waals surface area contributed by atoms with Crippen molar-refractivity contribution >= 4 is 28.4 Å². The number of anilines is 1. The topological polar surface area (TPSA) is 99.8 Å². The molecule has 0 spiro atoms. The number of thiazole rings is 1. The number of carbonyl (C=O) groups excluding carboxylic acids is 1. The monoisotopic (exact) mass is 585 g/mol. The average Bonchev–Trinajstić information content (AvgIpc) is 3.66. The molecule has 0 unspecified atom stereocenters. The summed E-state index contributed by atoms with van der Waals surface area (Å²) in [5.41, 5.74) is 0.889. The van der Waals surface area contributed by atoms with Gasteiger partial charge in [-0.15, -0.1) is 11.3 Å². The summed E-state index contributed by atoms with van der Waals surface area (Å²) in [5, 5.41) is 9.47. The Bertz CT molecular complexity index is 1970. The van der Waals surface area contributed by atoms with Gasteiger partial charge in [-0.1, -0.05) is 0 Å². The van der Waals surface area contributed by atoms with Crippen molar-refractivity contribution in [2.24, 2.45) is 0 Å². The van der Waals surface area contributed by atoms with E-state index in [0.717, 1.165) is 16.6 Å². The molecule has 0 aliphatic rings. The predicted octanol–water partition coefficient (Wildman–Crippen LogP) is 6.33. The van der Waals surface area contributed by atoms with E-state index >= 15 is 4.39 Å². The third-order valence-electron chi connectivity index (χ3n) is 6.28. The normalized spacial score (nSPS) is 11.0. The lowest BCUT2D eigenvalue weighted by atomic mass is 10.2. The third kappa shape index (κ3) is 5.10. The summed E-state index contributed by atoms with van der Waals surface area (Å²) in [5.74, 6) is -1.67. The predicted molar refractivity (Wildman–Crippen MR) is 154 cm³/mol. The number of ether oxygens (including phenoxy) is 2. The zero-order valence-electron chi connectivity index (χ0n) is 22.0. The van der Waals surface area contributed by atoms with Crippen LogP contribution in [0.5, 0.6) is 17.2 Å². The van der Waals surface area contributed by atoms with Crippen LogP contribution in [0.3, 0.4) is 0 Å². The molecule has 0 saturated heterocycles. The number of nitrogens with zero attached hydrogens (tertiary/aromatic N) is 4. The number of pyridine rings is 1. The first-order valence-electron chi connectivity index (χ1n) is 12.7. The minimum absolute atomic E-state index is 0.0590. The maximum Gasteiger partial charge on any atom is 0.271 e. The molecule has 4 aromatic heterocycles. The Morgan fingerprint density at radius 3 is 2.55 bits per heavy atom. The van der Waals surface area contributed by atoms with Gasteiger partial charge in [0.1, 0.15) is 27.7 Å². The van der Waals surface area contributed by atoms with E-state index in [1.165, 1.54) is 70.8 Å². The Morgan fingerprint density at radius 1 is 0.976 bits per heavy atom. The summed E-state index contributed by atoms with van der Waals surface area (Å²) in [6.07, 6.45) is 6.43. The molecule has 0 aliphatic carbocycles. The number of hydrogen-bond donors (Lipinski definition) is 1. The van der Waals surface area contributed by atoms with Gasteiger partial charge >= 0.3 is 0 Å². The summed E-state index contributed by atoms with van der Waals surface area (Å²) in [6.45, 7) is 1.92. The zero-order valence-corrected chi connectivity index (χ0v) is 22.8. The fourth-order valence-corrected chi connectivity index (χ4v) is 5.07. The van der Waals surface area contributed by atoms with Crippen LogP contribution in [0, 0.1) is 11.6 Å². The first kappa shape index (κ1) is 26.8. The van der Waals surface area contributed by atoms with E-state index in [1.54, 1.807) is 29.9 Å². The Kier molecular flexibility index (Phi) is 7.19. The number of nitrogens with one attached hydrogen (secondary N) is 1. The Balaban J connectivity index is 1.29. The lowest BCUT2D eigenvalue weighted by Crippen LogP contribution is -2.29. The number of carbonyl (C=O) groups is 1. The van der Waals surface area contributed by atoms with Crippen LogP contribution < -0.4 is 20.3 Å². The van der Waals surface area contributed by atoms with E-state index < -0.39 is 23.1 Å². The Labute approximate surface area is 241 Å². The van der Waals surface area contributed by atoms with Gasteiger partial charge in [0.2, 0.25) is 0 Å². The van der Waals surface area contributed by atoms with Gasteiger partial charge in [-0.2, -0.15) is 5.10 Å². The van der Waals surface area contributed by atoms with Crippen LogP contribution in [0.25, 0.3) is 21.8 Å². The molecule has 0 bridgehead atoms. The van der Waals surface area contributed by atoms with Gasteiger partial charge in [0, 0.05) is 53.0 Å². The van der Waals surface area contributed by atoms with Crippen molar-refractivity contribution in [2.45, 2.75) is 6.92 Å². The lowest BCUT2D eigenvalue weighted by Gasteiger charge is -2.14. The second-order valence-electron chi connectivity index (χ2n) is 8.90. The molecule has 0 saturated carbocycles. The first-order valence-corrected chi connectivity index (χ1v) is 13.6. The molecule has 0 atom stereocenters. The summed E-state index contributed by atoms with van der Waals surface area (Å²) in [7, 11) is 0. The van der Waals surface area contributed by atoms with Gasteiger partial charge in [0.05, 0.1) is 12.8 Å². The van der Waals surface area contributed by atoms with Crippen LogP contribution in [-0.4, -0.2) is 31.7 Å². The van der Waals surface area contributed by atoms with E-state index in [4.69, 9.17) is 9.47 Å². The number of amides is 1. The number of fused-ring (bicyclic) bond motifs is 1. The molecule has 12 heteroatoms. The van der Waals surface area contributed by atoms with Gasteiger partial charge in [-0.25, -0.2) is 18.3 Å².